The molecule has 1 aromatic rings. The molecule has 0 saturated carbocycles. The van der Waals surface area contributed by atoms with E-state index in [2.05, 4.69) is 0 Å². The Morgan fingerprint density at radius 3 is 2.71 bits per heavy atom. The van der Waals surface area contributed by atoms with Crippen molar-refractivity contribution in [2.24, 2.45) is 11.7 Å². The number of hydrogen-bond acceptors (Lipinski definition) is 3. The SMILES string of the molecule is NC(Cc1c(F)cccc1F)C1CCOC2(CCOC2)C1. The van der Waals surface area contributed by atoms with Gasteiger partial charge in [-0.05, 0) is 37.3 Å². The monoisotopic (exact) mass is 297 g/mol. The molecule has 2 aliphatic heterocycles. The Morgan fingerprint density at radius 1 is 1.29 bits per heavy atom. The zero-order valence-electron chi connectivity index (χ0n) is 12.0. The predicted octanol–water partition coefficient (Wildman–Crippen LogP) is 2.42. The van der Waals surface area contributed by atoms with Crippen molar-refractivity contribution in [3.8, 4) is 0 Å². The molecular formula is C16H21F2NO2. The standard InChI is InChI=1S/C16H21F2NO2/c17-13-2-1-3-14(18)12(13)8-15(19)11-4-6-21-16(9-11)5-7-20-10-16/h1-3,11,15H,4-10,19H2. The summed E-state index contributed by atoms with van der Waals surface area (Å²) in [7, 11) is 0. The second kappa shape index (κ2) is 5.99. The van der Waals surface area contributed by atoms with Crippen molar-refractivity contribution in [2.45, 2.75) is 37.3 Å². The molecule has 3 unspecified atom stereocenters. The molecule has 0 radical (unpaired) electrons. The molecule has 21 heavy (non-hydrogen) atoms. The van der Waals surface area contributed by atoms with Crippen LogP contribution in [0.2, 0.25) is 0 Å². The van der Waals surface area contributed by atoms with Gasteiger partial charge in [0.1, 0.15) is 11.6 Å². The van der Waals surface area contributed by atoms with Gasteiger partial charge in [0.15, 0.2) is 0 Å². The van der Waals surface area contributed by atoms with Gasteiger partial charge in [-0.15, -0.1) is 0 Å². The lowest BCUT2D eigenvalue weighted by molar-refractivity contribution is -0.101. The van der Waals surface area contributed by atoms with E-state index in [1.165, 1.54) is 18.2 Å². The van der Waals surface area contributed by atoms with Crippen LogP contribution in [0.5, 0.6) is 0 Å². The number of halogens is 2. The molecule has 116 valence electrons. The van der Waals surface area contributed by atoms with Crippen LogP contribution in [-0.2, 0) is 15.9 Å². The molecule has 3 nitrogen and oxygen atoms in total. The van der Waals surface area contributed by atoms with Crippen molar-refractivity contribution in [3.05, 3.63) is 35.4 Å². The fourth-order valence-corrected chi connectivity index (χ4v) is 3.42. The Labute approximate surface area is 123 Å². The molecule has 3 rings (SSSR count). The van der Waals surface area contributed by atoms with Crippen LogP contribution < -0.4 is 5.73 Å². The first kappa shape index (κ1) is 14.9. The molecule has 0 amide bonds. The smallest absolute Gasteiger partial charge is 0.129 e. The Morgan fingerprint density at radius 2 is 2.05 bits per heavy atom. The average Bonchev–Trinajstić information content (AvgIpc) is 2.91. The van der Waals surface area contributed by atoms with E-state index < -0.39 is 11.6 Å². The van der Waals surface area contributed by atoms with E-state index in [1.807, 2.05) is 0 Å². The molecule has 2 N–H and O–H groups in total. The van der Waals surface area contributed by atoms with Crippen LogP contribution >= 0.6 is 0 Å². The van der Waals surface area contributed by atoms with Crippen molar-refractivity contribution >= 4 is 0 Å². The minimum Gasteiger partial charge on any atom is -0.378 e. The Bertz CT molecular complexity index is 483. The van der Waals surface area contributed by atoms with E-state index in [-0.39, 0.29) is 29.5 Å². The number of hydrogen-bond donors (Lipinski definition) is 1. The van der Waals surface area contributed by atoms with Gasteiger partial charge in [0.2, 0.25) is 0 Å². The van der Waals surface area contributed by atoms with Crippen molar-refractivity contribution in [1.29, 1.82) is 0 Å². The van der Waals surface area contributed by atoms with Crippen LogP contribution in [0.15, 0.2) is 18.2 Å². The summed E-state index contributed by atoms with van der Waals surface area (Å²) in [5.41, 5.74) is 6.10. The number of rotatable bonds is 3. The summed E-state index contributed by atoms with van der Waals surface area (Å²) in [6.45, 7) is 1.95. The molecule has 3 atom stereocenters. The van der Waals surface area contributed by atoms with Gasteiger partial charge < -0.3 is 15.2 Å². The maximum atomic E-state index is 13.7. The summed E-state index contributed by atoms with van der Waals surface area (Å²) < 4.78 is 38.8. The van der Waals surface area contributed by atoms with Gasteiger partial charge in [0.05, 0.1) is 12.2 Å². The second-order valence-electron chi connectivity index (χ2n) is 6.16. The first-order valence-electron chi connectivity index (χ1n) is 7.50. The summed E-state index contributed by atoms with van der Waals surface area (Å²) in [6.07, 6.45) is 2.74. The lowest BCUT2D eigenvalue weighted by Crippen LogP contribution is -2.46. The van der Waals surface area contributed by atoms with Crippen LogP contribution in [0.25, 0.3) is 0 Å². The van der Waals surface area contributed by atoms with Crippen molar-refractivity contribution in [2.75, 3.05) is 19.8 Å². The fourth-order valence-electron chi connectivity index (χ4n) is 3.42. The van der Waals surface area contributed by atoms with Gasteiger partial charge in [0.25, 0.3) is 0 Å². The minimum absolute atomic E-state index is 0.0909. The van der Waals surface area contributed by atoms with Crippen molar-refractivity contribution < 1.29 is 18.3 Å². The maximum absolute atomic E-state index is 13.7. The molecule has 1 spiro atoms. The molecule has 0 aromatic heterocycles. The molecular weight excluding hydrogens is 276 g/mol. The highest BCUT2D eigenvalue weighted by Crippen LogP contribution is 2.37. The topological polar surface area (TPSA) is 44.5 Å². The first-order chi connectivity index (χ1) is 10.1. The van der Waals surface area contributed by atoms with Crippen LogP contribution in [-0.4, -0.2) is 31.5 Å². The predicted molar refractivity (Wildman–Crippen MR) is 74.9 cm³/mol. The minimum atomic E-state index is -0.517. The van der Waals surface area contributed by atoms with E-state index in [1.54, 1.807) is 0 Å². The van der Waals surface area contributed by atoms with Crippen LogP contribution in [0.1, 0.15) is 24.8 Å². The van der Waals surface area contributed by atoms with Crippen LogP contribution in [0, 0.1) is 17.6 Å². The van der Waals surface area contributed by atoms with Gasteiger partial charge in [0, 0.05) is 31.2 Å². The Kier molecular flexibility index (Phi) is 4.24. The third-order valence-corrected chi connectivity index (χ3v) is 4.71. The third-order valence-electron chi connectivity index (χ3n) is 4.71. The van der Waals surface area contributed by atoms with E-state index in [0.717, 1.165) is 19.3 Å². The summed E-state index contributed by atoms with van der Waals surface area (Å²) in [5.74, 6) is -0.827. The van der Waals surface area contributed by atoms with Gasteiger partial charge in [-0.3, -0.25) is 0 Å². The molecule has 2 heterocycles. The average molecular weight is 297 g/mol. The van der Waals surface area contributed by atoms with Crippen molar-refractivity contribution in [3.63, 3.8) is 0 Å². The van der Waals surface area contributed by atoms with Gasteiger partial charge in [-0.2, -0.15) is 0 Å². The quantitative estimate of drug-likeness (QED) is 0.932. The lowest BCUT2D eigenvalue weighted by atomic mass is 9.79. The van der Waals surface area contributed by atoms with Crippen LogP contribution in [0.4, 0.5) is 8.78 Å². The van der Waals surface area contributed by atoms with E-state index >= 15 is 0 Å². The summed E-state index contributed by atoms with van der Waals surface area (Å²) >= 11 is 0. The van der Waals surface area contributed by atoms with Gasteiger partial charge in [-0.25, -0.2) is 8.78 Å². The molecule has 2 saturated heterocycles. The largest absolute Gasteiger partial charge is 0.378 e. The normalized spacial score (nSPS) is 30.7. The third kappa shape index (κ3) is 3.10. The van der Waals surface area contributed by atoms with Crippen LogP contribution in [0.3, 0.4) is 0 Å². The van der Waals surface area contributed by atoms with Crippen molar-refractivity contribution in [1.82, 2.24) is 0 Å². The molecule has 2 aliphatic rings. The maximum Gasteiger partial charge on any atom is 0.129 e. The fraction of sp³-hybridized carbons (Fsp3) is 0.625. The number of ether oxygens (including phenoxy) is 2. The summed E-state index contributed by atoms with van der Waals surface area (Å²) in [5, 5.41) is 0. The Balaban J connectivity index is 1.69. The zero-order chi connectivity index (χ0) is 14.9. The number of nitrogens with two attached hydrogens (primary N) is 1. The Hall–Kier alpha value is -1.04. The zero-order valence-corrected chi connectivity index (χ0v) is 12.0. The molecule has 2 fully saturated rings. The van der Waals surface area contributed by atoms with E-state index in [9.17, 15) is 8.78 Å². The second-order valence-corrected chi connectivity index (χ2v) is 6.16. The summed E-state index contributed by atoms with van der Waals surface area (Å²) in [6, 6.07) is 3.67. The summed E-state index contributed by atoms with van der Waals surface area (Å²) in [4.78, 5) is 0. The highest BCUT2D eigenvalue weighted by molar-refractivity contribution is 5.21. The molecule has 1 aromatic carbocycles. The lowest BCUT2D eigenvalue weighted by Gasteiger charge is -2.39. The highest BCUT2D eigenvalue weighted by Gasteiger charge is 2.42. The van der Waals surface area contributed by atoms with Gasteiger partial charge in [-0.1, -0.05) is 6.07 Å². The molecule has 0 bridgehead atoms. The molecule has 5 heteroatoms. The van der Waals surface area contributed by atoms with E-state index in [4.69, 9.17) is 15.2 Å². The number of benzene rings is 1. The van der Waals surface area contributed by atoms with Gasteiger partial charge >= 0.3 is 0 Å². The highest BCUT2D eigenvalue weighted by atomic mass is 19.1. The first-order valence-corrected chi connectivity index (χ1v) is 7.50. The van der Waals surface area contributed by atoms with E-state index in [0.29, 0.717) is 19.8 Å². The molecule has 0 aliphatic carbocycles.